The van der Waals surface area contributed by atoms with Crippen LogP contribution in [0.25, 0.3) is 0 Å². The Hall–Kier alpha value is -2.78. The van der Waals surface area contributed by atoms with Crippen LogP contribution in [0.3, 0.4) is 0 Å². The lowest BCUT2D eigenvalue weighted by Crippen LogP contribution is -2.47. The standard InChI is InChI=1S/C15H17F3N2O5/c1-2-25-10-5-3-9(4-6-10)13(22)19-8-12(21)20-11(14(23)24)7-15(16,17)18/h3-6,11H,2,7-8H2,1H3,(H,19,22)(H,20,21)(H,23,24). The minimum absolute atomic E-state index is 0.210. The highest BCUT2D eigenvalue weighted by Crippen LogP contribution is 2.21. The predicted octanol–water partition coefficient (Wildman–Crippen LogP) is 1.34. The van der Waals surface area contributed by atoms with Gasteiger partial charge in [0.2, 0.25) is 5.91 Å². The van der Waals surface area contributed by atoms with Gasteiger partial charge in [-0.25, -0.2) is 4.79 Å². The number of benzene rings is 1. The normalized spacial score (nSPS) is 12.2. The van der Waals surface area contributed by atoms with Crippen LogP contribution in [-0.4, -0.2) is 48.3 Å². The zero-order valence-electron chi connectivity index (χ0n) is 13.2. The maximum atomic E-state index is 12.2. The number of carboxylic acids is 1. The summed E-state index contributed by atoms with van der Waals surface area (Å²) in [7, 11) is 0. The summed E-state index contributed by atoms with van der Waals surface area (Å²) >= 11 is 0. The third kappa shape index (κ3) is 7.55. The second-order valence-corrected chi connectivity index (χ2v) is 4.92. The van der Waals surface area contributed by atoms with Gasteiger partial charge in [0.1, 0.15) is 11.8 Å². The van der Waals surface area contributed by atoms with Crippen LogP contribution in [0.5, 0.6) is 5.75 Å². The molecule has 3 N–H and O–H groups in total. The zero-order valence-corrected chi connectivity index (χ0v) is 13.2. The van der Waals surface area contributed by atoms with E-state index in [0.717, 1.165) is 0 Å². The van der Waals surface area contributed by atoms with E-state index < -0.39 is 43.0 Å². The van der Waals surface area contributed by atoms with Crippen LogP contribution >= 0.6 is 0 Å². The number of alkyl halides is 3. The van der Waals surface area contributed by atoms with Crippen LogP contribution in [0.4, 0.5) is 13.2 Å². The lowest BCUT2D eigenvalue weighted by molar-refractivity contribution is -0.159. The third-order valence-corrected chi connectivity index (χ3v) is 2.91. The van der Waals surface area contributed by atoms with Gasteiger partial charge in [-0.2, -0.15) is 13.2 Å². The summed E-state index contributed by atoms with van der Waals surface area (Å²) in [6.45, 7) is 1.59. The summed E-state index contributed by atoms with van der Waals surface area (Å²) in [6.07, 6.45) is -6.46. The molecule has 25 heavy (non-hydrogen) atoms. The molecule has 0 saturated heterocycles. The summed E-state index contributed by atoms with van der Waals surface area (Å²) in [5, 5.41) is 12.6. The van der Waals surface area contributed by atoms with Crippen molar-refractivity contribution in [2.45, 2.75) is 25.6 Å². The number of nitrogens with one attached hydrogen (secondary N) is 2. The molecule has 1 aromatic rings. The highest BCUT2D eigenvalue weighted by Gasteiger charge is 2.36. The summed E-state index contributed by atoms with van der Waals surface area (Å²) in [6, 6.07) is 3.86. The molecule has 0 heterocycles. The maximum absolute atomic E-state index is 12.2. The molecule has 0 aliphatic rings. The zero-order chi connectivity index (χ0) is 19.0. The Bertz CT molecular complexity index is 617. The number of hydrogen-bond acceptors (Lipinski definition) is 4. The summed E-state index contributed by atoms with van der Waals surface area (Å²) in [4.78, 5) is 34.1. The molecule has 1 atom stereocenters. The predicted molar refractivity (Wildman–Crippen MR) is 80.2 cm³/mol. The molecule has 7 nitrogen and oxygen atoms in total. The van der Waals surface area contributed by atoms with Crippen LogP contribution < -0.4 is 15.4 Å². The van der Waals surface area contributed by atoms with E-state index in [1.807, 2.05) is 0 Å². The number of carbonyl (C=O) groups excluding carboxylic acids is 2. The van der Waals surface area contributed by atoms with Crippen molar-refractivity contribution < 1.29 is 37.4 Å². The Morgan fingerprint density at radius 3 is 2.28 bits per heavy atom. The van der Waals surface area contributed by atoms with Crippen molar-refractivity contribution in [3.05, 3.63) is 29.8 Å². The third-order valence-electron chi connectivity index (χ3n) is 2.91. The first-order valence-electron chi connectivity index (χ1n) is 7.22. The van der Waals surface area contributed by atoms with Crippen molar-refractivity contribution in [1.29, 1.82) is 0 Å². The van der Waals surface area contributed by atoms with Crippen molar-refractivity contribution in [1.82, 2.24) is 10.6 Å². The first-order valence-corrected chi connectivity index (χ1v) is 7.22. The van der Waals surface area contributed by atoms with E-state index in [9.17, 15) is 27.6 Å². The van der Waals surface area contributed by atoms with Gasteiger partial charge in [-0.05, 0) is 31.2 Å². The fourth-order valence-corrected chi connectivity index (χ4v) is 1.81. The van der Waals surface area contributed by atoms with Gasteiger partial charge in [-0.15, -0.1) is 0 Å². The minimum Gasteiger partial charge on any atom is -0.494 e. The first-order chi connectivity index (χ1) is 11.6. The Kier molecular flexibility index (Phi) is 7.22. The highest BCUT2D eigenvalue weighted by molar-refractivity contribution is 5.96. The van der Waals surface area contributed by atoms with Crippen molar-refractivity contribution in [3.8, 4) is 5.75 Å². The minimum atomic E-state index is -4.75. The first kappa shape index (κ1) is 20.3. The molecule has 0 aliphatic carbocycles. The number of rotatable bonds is 8. The highest BCUT2D eigenvalue weighted by atomic mass is 19.4. The monoisotopic (exact) mass is 362 g/mol. The van der Waals surface area contributed by atoms with Crippen LogP contribution in [0.15, 0.2) is 24.3 Å². The molecule has 0 bridgehead atoms. The number of hydrogen-bond donors (Lipinski definition) is 3. The van der Waals surface area contributed by atoms with Gasteiger partial charge in [-0.3, -0.25) is 9.59 Å². The van der Waals surface area contributed by atoms with Crippen LogP contribution in [0.2, 0.25) is 0 Å². The molecule has 0 fully saturated rings. The van der Waals surface area contributed by atoms with E-state index in [4.69, 9.17) is 9.84 Å². The fourth-order valence-electron chi connectivity index (χ4n) is 1.81. The van der Waals surface area contributed by atoms with E-state index in [0.29, 0.717) is 12.4 Å². The molecule has 0 aliphatic heterocycles. The van der Waals surface area contributed by atoms with E-state index >= 15 is 0 Å². The van der Waals surface area contributed by atoms with E-state index in [-0.39, 0.29) is 5.56 Å². The average molecular weight is 362 g/mol. The molecule has 1 rings (SSSR count). The Balaban J connectivity index is 2.54. The van der Waals surface area contributed by atoms with Crippen molar-refractivity contribution in [3.63, 3.8) is 0 Å². The van der Waals surface area contributed by atoms with Gasteiger partial charge in [-0.1, -0.05) is 0 Å². The van der Waals surface area contributed by atoms with Gasteiger partial charge < -0.3 is 20.5 Å². The topological polar surface area (TPSA) is 105 Å². The van der Waals surface area contributed by atoms with Gasteiger partial charge in [0, 0.05) is 5.56 Å². The van der Waals surface area contributed by atoms with Gasteiger partial charge >= 0.3 is 12.1 Å². The van der Waals surface area contributed by atoms with Crippen LogP contribution in [-0.2, 0) is 9.59 Å². The summed E-state index contributed by atoms with van der Waals surface area (Å²) < 4.78 is 41.9. The maximum Gasteiger partial charge on any atom is 0.391 e. The molecule has 1 aromatic carbocycles. The van der Waals surface area contributed by atoms with Gasteiger partial charge in [0.15, 0.2) is 0 Å². The van der Waals surface area contributed by atoms with E-state index in [1.165, 1.54) is 12.1 Å². The molecule has 1 unspecified atom stereocenters. The molecular formula is C15H17F3N2O5. The molecule has 0 spiro atoms. The second-order valence-electron chi connectivity index (χ2n) is 4.92. The Labute approximate surface area is 141 Å². The number of carbonyl (C=O) groups is 3. The average Bonchev–Trinajstić information content (AvgIpc) is 2.51. The van der Waals surface area contributed by atoms with Crippen molar-refractivity contribution >= 4 is 17.8 Å². The summed E-state index contributed by atoms with van der Waals surface area (Å²) in [5.41, 5.74) is 0.210. The van der Waals surface area contributed by atoms with Crippen LogP contribution in [0.1, 0.15) is 23.7 Å². The molecule has 10 heteroatoms. The SMILES string of the molecule is CCOc1ccc(C(=O)NCC(=O)NC(CC(F)(F)F)C(=O)O)cc1. The largest absolute Gasteiger partial charge is 0.494 e. The molecule has 2 amide bonds. The van der Waals surface area contributed by atoms with Gasteiger partial charge in [0.25, 0.3) is 5.91 Å². The Morgan fingerprint density at radius 1 is 1.20 bits per heavy atom. The number of amides is 2. The van der Waals surface area contributed by atoms with E-state index in [2.05, 4.69) is 5.32 Å². The molecular weight excluding hydrogens is 345 g/mol. The quantitative estimate of drug-likeness (QED) is 0.647. The van der Waals surface area contributed by atoms with Crippen molar-refractivity contribution in [2.24, 2.45) is 0 Å². The molecule has 0 radical (unpaired) electrons. The van der Waals surface area contributed by atoms with Crippen molar-refractivity contribution in [2.75, 3.05) is 13.2 Å². The fraction of sp³-hybridized carbons (Fsp3) is 0.400. The molecule has 138 valence electrons. The number of aliphatic carboxylic acids is 1. The summed E-state index contributed by atoms with van der Waals surface area (Å²) in [5.74, 6) is -2.95. The lowest BCUT2D eigenvalue weighted by atomic mass is 10.2. The number of halogens is 3. The molecule has 0 saturated carbocycles. The van der Waals surface area contributed by atoms with Gasteiger partial charge in [0.05, 0.1) is 19.6 Å². The number of ether oxygens (including phenoxy) is 1. The number of carboxylic acid groups (broad SMARTS) is 1. The second kappa shape index (κ2) is 8.90. The smallest absolute Gasteiger partial charge is 0.391 e. The van der Waals surface area contributed by atoms with E-state index in [1.54, 1.807) is 24.4 Å². The van der Waals surface area contributed by atoms with Crippen LogP contribution in [0, 0.1) is 0 Å². The molecule has 0 aromatic heterocycles. The Morgan fingerprint density at radius 2 is 1.80 bits per heavy atom. The lowest BCUT2D eigenvalue weighted by Gasteiger charge is -2.16.